The summed E-state index contributed by atoms with van der Waals surface area (Å²) in [5, 5.41) is 0.175. The largest absolute Gasteiger partial charge is 0.320 e. The molecule has 2 nitrogen and oxygen atoms in total. The van der Waals surface area contributed by atoms with E-state index in [-0.39, 0.29) is 17.0 Å². The molecule has 1 aromatic rings. The number of rotatable bonds is 3. The number of hydrogen-bond acceptors (Lipinski definition) is 2. The minimum atomic E-state index is -0.839. The van der Waals surface area contributed by atoms with Crippen molar-refractivity contribution in [3.63, 3.8) is 0 Å². The second-order valence-corrected chi connectivity index (χ2v) is 3.41. The van der Waals surface area contributed by atoms with Gasteiger partial charge in [0.25, 0.3) is 0 Å². The van der Waals surface area contributed by atoms with Crippen molar-refractivity contribution in [3.8, 4) is 12.3 Å². The Morgan fingerprint density at radius 1 is 1.67 bits per heavy atom. The predicted octanol–water partition coefficient (Wildman–Crippen LogP) is 2.01. The van der Waals surface area contributed by atoms with Gasteiger partial charge in [-0.1, -0.05) is 11.6 Å². The Kier molecular flexibility index (Phi) is 3.84. The molecule has 0 spiro atoms. The zero-order chi connectivity index (χ0) is 11.4. The maximum absolute atomic E-state index is 12.9. The van der Waals surface area contributed by atoms with Crippen LogP contribution in [0.2, 0.25) is 5.02 Å². The molecule has 78 valence electrons. The van der Waals surface area contributed by atoms with E-state index in [2.05, 4.69) is 5.92 Å². The fourth-order valence-corrected chi connectivity index (χ4v) is 1.32. The van der Waals surface area contributed by atoms with Crippen LogP contribution in [0.4, 0.5) is 4.39 Å². The maximum Gasteiger partial charge on any atom is 0.182 e. The molecule has 0 aliphatic carbocycles. The van der Waals surface area contributed by atoms with Crippen LogP contribution in [0.1, 0.15) is 16.8 Å². The first-order valence-corrected chi connectivity index (χ1v) is 4.62. The molecule has 2 N–H and O–H groups in total. The lowest BCUT2D eigenvalue weighted by Gasteiger charge is -2.08. The number of halogens is 2. The van der Waals surface area contributed by atoms with E-state index in [1.54, 1.807) is 0 Å². The first kappa shape index (κ1) is 11.7. The molecule has 4 heteroatoms. The lowest BCUT2D eigenvalue weighted by Crippen LogP contribution is -2.30. The van der Waals surface area contributed by atoms with Gasteiger partial charge >= 0.3 is 0 Å². The zero-order valence-corrected chi connectivity index (χ0v) is 8.59. The standard InChI is InChI=1S/C11H9ClFNO/c1-2-3-10(14)11(15)8-6-7(13)4-5-9(8)12/h1,4-6,10H,3,14H2. The summed E-state index contributed by atoms with van der Waals surface area (Å²) in [5.41, 5.74) is 5.57. The maximum atomic E-state index is 12.9. The van der Waals surface area contributed by atoms with Gasteiger partial charge in [0.05, 0.1) is 11.1 Å². The molecule has 1 aromatic carbocycles. The number of terminal acetylenes is 1. The van der Waals surface area contributed by atoms with Crippen molar-refractivity contribution in [2.75, 3.05) is 0 Å². The quantitative estimate of drug-likeness (QED) is 0.632. The zero-order valence-electron chi connectivity index (χ0n) is 7.84. The van der Waals surface area contributed by atoms with Crippen LogP contribution in [0.3, 0.4) is 0 Å². The number of nitrogens with two attached hydrogens (primary N) is 1. The molecule has 0 aliphatic rings. The summed E-state index contributed by atoms with van der Waals surface area (Å²) < 4.78 is 12.9. The Bertz CT molecular complexity index is 425. The molecule has 0 saturated carbocycles. The summed E-state index contributed by atoms with van der Waals surface area (Å²) in [6, 6.07) is 2.70. The Morgan fingerprint density at radius 2 is 2.33 bits per heavy atom. The second-order valence-electron chi connectivity index (χ2n) is 3.00. The topological polar surface area (TPSA) is 43.1 Å². The molecule has 0 fully saturated rings. The van der Waals surface area contributed by atoms with Crippen molar-refractivity contribution in [3.05, 3.63) is 34.6 Å². The van der Waals surface area contributed by atoms with E-state index in [0.717, 1.165) is 6.07 Å². The van der Waals surface area contributed by atoms with Gasteiger partial charge in [0.2, 0.25) is 0 Å². The summed E-state index contributed by atoms with van der Waals surface area (Å²) in [5.74, 6) is 1.29. The molecule has 1 rings (SSSR count). The number of benzene rings is 1. The molecule has 0 bridgehead atoms. The summed E-state index contributed by atoms with van der Waals surface area (Å²) in [6.07, 6.45) is 5.13. The van der Waals surface area contributed by atoms with Crippen LogP contribution in [0.25, 0.3) is 0 Å². The fraction of sp³-hybridized carbons (Fsp3) is 0.182. The Balaban J connectivity index is 3.01. The van der Waals surface area contributed by atoms with E-state index in [1.165, 1.54) is 12.1 Å². The van der Waals surface area contributed by atoms with Gasteiger partial charge in [-0.15, -0.1) is 12.3 Å². The van der Waals surface area contributed by atoms with Crippen molar-refractivity contribution in [1.82, 2.24) is 0 Å². The van der Waals surface area contributed by atoms with Crippen molar-refractivity contribution in [2.24, 2.45) is 5.73 Å². The third-order valence-corrected chi connectivity index (χ3v) is 2.20. The van der Waals surface area contributed by atoms with E-state index in [1.807, 2.05) is 0 Å². The average molecular weight is 226 g/mol. The third kappa shape index (κ3) is 2.79. The summed E-state index contributed by atoms with van der Waals surface area (Å²) in [4.78, 5) is 11.6. The Labute approximate surface area is 92.2 Å². The van der Waals surface area contributed by atoms with Crippen molar-refractivity contribution >= 4 is 17.4 Å². The van der Waals surface area contributed by atoms with Gasteiger partial charge in [-0.2, -0.15) is 0 Å². The highest BCUT2D eigenvalue weighted by atomic mass is 35.5. The summed E-state index contributed by atoms with van der Waals surface area (Å²) in [7, 11) is 0. The second kappa shape index (κ2) is 4.92. The lowest BCUT2D eigenvalue weighted by atomic mass is 10.0. The summed E-state index contributed by atoms with van der Waals surface area (Å²) >= 11 is 5.74. The van der Waals surface area contributed by atoms with Gasteiger partial charge in [0.15, 0.2) is 5.78 Å². The number of carbonyl (C=O) groups is 1. The molecule has 0 aliphatic heterocycles. The highest BCUT2D eigenvalue weighted by Gasteiger charge is 2.18. The molecule has 0 amide bonds. The van der Waals surface area contributed by atoms with Crippen LogP contribution in [0.15, 0.2) is 18.2 Å². The Morgan fingerprint density at radius 3 is 2.93 bits per heavy atom. The lowest BCUT2D eigenvalue weighted by molar-refractivity contribution is 0.0962. The van der Waals surface area contributed by atoms with Gasteiger partial charge in [-0.05, 0) is 18.2 Å². The number of hydrogen-bond donors (Lipinski definition) is 1. The molecule has 0 radical (unpaired) electrons. The van der Waals surface area contributed by atoms with Crippen LogP contribution in [-0.2, 0) is 0 Å². The van der Waals surface area contributed by atoms with Gasteiger partial charge in [-0.3, -0.25) is 4.79 Å². The SMILES string of the molecule is C#CCC(N)C(=O)c1cc(F)ccc1Cl. The van der Waals surface area contributed by atoms with Crippen molar-refractivity contribution < 1.29 is 9.18 Å². The number of Topliss-reactive ketones (excluding diaryl/α,β-unsaturated/α-hetero) is 1. The van der Waals surface area contributed by atoms with Gasteiger partial charge < -0.3 is 5.73 Å². The summed E-state index contributed by atoms with van der Waals surface area (Å²) in [6.45, 7) is 0. The average Bonchev–Trinajstić information content (AvgIpc) is 2.21. The Hall–Kier alpha value is -1.37. The third-order valence-electron chi connectivity index (χ3n) is 1.87. The van der Waals surface area contributed by atoms with E-state index < -0.39 is 17.6 Å². The van der Waals surface area contributed by atoms with Crippen molar-refractivity contribution in [1.29, 1.82) is 0 Å². The molecule has 1 unspecified atom stereocenters. The van der Waals surface area contributed by atoms with E-state index in [4.69, 9.17) is 23.8 Å². The molecule has 1 atom stereocenters. The molecule has 0 heterocycles. The minimum Gasteiger partial charge on any atom is -0.320 e. The molecule has 0 saturated heterocycles. The van der Waals surface area contributed by atoms with E-state index in [9.17, 15) is 9.18 Å². The molecule has 15 heavy (non-hydrogen) atoms. The highest BCUT2D eigenvalue weighted by Crippen LogP contribution is 2.18. The monoisotopic (exact) mass is 225 g/mol. The minimum absolute atomic E-state index is 0.0689. The number of ketones is 1. The van der Waals surface area contributed by atoms with Gasteiger partial charge in [-0.25, -0.2) is 4.39 Å². The smallest absolute Gasteiger partial charge is 0.182 e. The van der Waals surface area contributed by atoms with Crippen LogP contribution in [0, 0.1) is 18.2 Å². The molecular weight excluding hydrogens is 217 g/mol. The molecule has 0 aromatic heterocycles. The normalized spacial score (nSPS) is 11.9. The number of carbonyl (C=O) groups excluding carboxylic acids is 1. The van der Waals surface area contributed by atoms with Crippen LogP contribution in [-0.4, -0.2) is 11.8 Å². The van der Waals surface area contributed by atoms with Gasteiger partial charge in [0, 0.05) is 12.0 Å². The van der Waals surface area contributed by atoms with Crippen LogP contribution < -0.4 is 5.73 Å². The first-order valence-electron chi connectivity index (χ1n) is 4.24. The van der Waals surface area contributed by atoms with E-state index in [0.29, 0.717) is 0 Å². The highest BCUT2D eigenvalue weighted by molar-refractivity contribution is 6.34. The van der Waals surface area contributed by atoms with Crippen molar-refractivity contribution in [2.45, 2.75) is 12.5 Å². The van der Waals surface area contributed by atoms with E-state index >= 15 is 0 Å². The van der Waals surface area contributed by atoms with Gasteiger partial charge in [0.1, 0.15) is 5.82 Å². The fourth-order valence-electron chi connectivity index (χ4n) is 1.11. The van der Waals surface area contributed by atoms with Crippen LogP contribution >= 0.6 is 11.6 Å². The molecular formula is C11H9ClFNO. The van der Waals surface area contributed by atoms with Crippen LogP contribution in [0.5, 0.6) is 0 Å². The first-order chi connectivity index (χ1) is 7.06. The predicted molar refractivity (Wildman–Crippen MR) is 57.2 cm³/mol.